The fourth-order valence-electron chi connectivity index (χ4n) is 3.02. The molecule has 2 rings (SSSR count). The van der Waals surface area contributed by atoms with E-state index in [1.807, 2.05) is 0 Å². The summed E-state index contributed by atoms with van der Waals surface area (Å²) in [5.41, 5.74) is 1.37. The highest BCUT2D eigenvalue weighted by Crippen LogP contribution is 2.22. The zero-order valence-electron chi connectivity index (χ0n) is 11.6. The molecule has 1 fully saturated rings. The van der Waals surface area contributed by atoms with E-state index in [2.05, 4.69) is 23.2 Å². The van der Waals surface area contributed by atoms with Crippen molar-refractivity contribution in [3.63, 3.8) is 0 Å². The molecule has 102 valence electrons. The number of nitrogens with zero attached hydrogens (tertiary/aromatic N) is 1. The summed E-state index contributed by atoms with van der Waals surface area (Å²) in [6, 6.07) is 0.432. The van der Waals surface area contributed by atoms with Gasteiger partial charge in [0.05, 0.1) is 0 Å². The van der Waals surface area contributed by atoms with E-state index in [-0.39, 0.29) is 0 Å². The summed E-state index contributed by atoms with van der Waals surface area (Å²) in [6.07, 6.45) is 9.98. The van der Waals surface area contributed by atoms with Crippen LogP contribution in [0.3, 0.4) is 0 Å². The van der Waals surface area contributed by atoms with Gasteiger partial charge in [-0.25, -0.2) is 0 Å². The van der Waals surface area contributed by atoms with Crippen LogP contribution in [0.1, 0.15) is 51.9 Å². The van der Waals surface area contributed by atoms with Crippen molar-refractivity contribution < 1.29 is 4.79 Å². The lowest BCUT2D eigenvalue weighted by atomic mass is 9.96. The first-order chi connectivity index (χ1) is 8.81. The van der Waals surface area contributed by atoms with Crippen LogP contribution in [0, 0.1) is 0 Å². The van der Waals surface area contributed by atoms with Crippen LogP contribution < -0.4 is 5.32 Å². The molecule has 0 bridgehead atoms. The van der Waals surface area contributed by atoms with E-state index in [9.17, 15) is 4.79 Å². The summed E-state index contributed by atoms with van der Waals surface area (Å²) in [4.78, 5) is 14.6. The predicted octanol–water partition coefficient (Wildman–Crippen LogP) is 2.48. The standard InChI is InChI=1S/C15H26N2O/c1-2-10-17(14-8-9-16-12-14)15(18)11-13-6-4-3-5-7-13/h6,14,16H,2-5,7-12H2,1H3. The largest absolute Gasteiger partial charge is 0.338 e. The van der Waals surface area contributed by atoms with Gasteiger partial charge in [-0.1, -0.05) is 18.6 Å². The molecule has 0 saturated carbocycles. The molecule has 0 aromatic rings. The maximum atomic E-state index is 12.4. The van der Waals surface area contributed by atoms with Crippen LogP contribution in [0.2, 0.25) is 0 Å². The molecule has 1 N–H and O–H groups in total. The Balaban J connectivity index is 1.92. The molecule has 0 radical (unpaired) electrons. The van der Waals surface area contributed by atoms with E-state index in [4.69, 9.17) is 0 Å². The van der Waals surface area contributed by atoms with Crippen molar-refractivity contribution in [1.29, 1.82) is 0 Å². The molecular weight excluding hydrogens is 224 g/mol. The molecule has 0 aromatic carbocycles. The minimum Gasteiger partial charge on any atom is -0.338 e. The summed E-state index contributed by atoms with van der Waals surface area (Å²) >= 11 is 0. The zero-order valence-corrected chi connectivity index (χ0v) is 11.6. The predicted molar refractivity (Wildman–Crippen MR) is 74.4 cm³/mol. The highest BCUT2D eigenvalue weighted by molar-refractivity contribution is 5.79. The first-order valence-electron chi connectivity index (χ1n) is 7.49. The average Bonchev–Trinajstić information content (AvgIpc) is 2.90. The summed E-state index contributed by atoms with van der Waals surface area (Å²) in [6.45, 7) is 5.10. The van der Waals surface area contributed by atoms with E-state index in [0.717, 1.165) is 38.9 Å². The van der Waals surface area contributed by atoms with Gasteiger partial charge in [0.1, 0.15) is 0 Å². The quantitative estimate of drug-likeness (QED) is 0.760. The second-order valence-electron chi connectivity index (χ2n) is 5.52. The molecule has 3 nitrogen and oxygen atoms in total. The van der Waals surface area contributed by atoms with Crippen LogP contribution in [0.25, 0.3) is 0 Å². The number of rotatable bonds is 5. The molecule has 3 heteroatoms. The van der Waals surface area contributed by atoms with Gasteiger partial charge in [0.15, 0.2) is 0 Å². The number of carbonyl (C=O) groups is 1. The fraction of sp³-hybridized carbons (Fsp3) is 0.800. The van der Waals surface area contributed by atoms with Gasteiger partial charge in [0.2, 0.25) is 5.91 Å². The third kappa shape index (κ3) is 3.58. The van der Waals surface area contributed by atoms with Gasteiger partial charge < -0.3 is 10.2 Å². The average molecular weight is 250 g/mol. The Bertz CT molecular complexity index is 306. The molecule has 18 heavy (non-hydrogen) atoms. The topological polar surface area (TPSA) is 32.3 Å². The molecule has 1 amide bonds. The van der Waals surface area contributed by atoms with Crippen LogP contribution in [0.15, 0.2) is 11.6 Å². The van der Waals surface area contributed by atoms with Gasteiger partial charge in [0, 0.05) is 25.6 Å². The normalized spacial score (nSPS) is 23.8. The maximum Gasteiger partial charge on any atom is 0.226 e. The highest BCUT2D eigenvalue weighted by Gasteiger charge is 2.26. The molecule has 1 saturated heterocycles. The Labute approximate surface area is 111 Å². The van der Waals surface area contributed by atoms with Crippen molar-refractivity contribution >= 4 is 5.91 Å². The first-order valence-corrected chi connectivity index (χ1v) is 7.49. The van der Waals surface area contributed by atoms with Crippen molar-refractivity contribution in [1.82, 2.24) is 10.2 Å². The molecule has 1 aliphatic heterocycles. The molecule has 2 aliphatic rings. The van der Waals surface area contributed by atoms with Crippen LogP contribution >= 0.6 is 0 Å². The lowest BCUT2D eigenvalue weighted by Crippen LogP contribution is -2.42. The Morgan fingerprint density at radius 1 is 1.50 bits per heavy atom. The number of nitrogens with one attached hydrogen (secondary N) is 1. The smallest absolute Gasteiger partial charge is 0.226 e. The first kappa shape index (κ1) is 13.6. The van der Waals surface area contributed by atoms with E-state index in [1.54, 1.807) is 0 Å². The van der Waals surface area contributed by atoms with Crippen molar-refractivity contribution in [3.8, 4) is 0 Å². The number of hydrogen-bond donors (Lipinski definition) is 1. The molecule has 1 unspecified atom stereocenters. The maximum absolute atomic E-state index is 12.4. The Hall–Kier alpha value is -0.830. The van der Waals surface area contributed by atoms with Crippen LogP contribution in [-0.4, -0.2) is 36.5 Å². The van der Waals surface area contributed by atoms with Crippen molar-refractivity contribution in [2.24, 2.45) is 0 Å². The molecule has 0 aromatic heterocycles. The minimum absolute atomic E-state index is 0.346. The highest BCUT2D eigenvalue weighted by atomic mass is 16.2. The van der Waals surface area contributed by atoms with Gasteiger partial charge in [-0.05, 0) is 45.1 Å². The fourth-order valence-corrected chi connectivity index (χ4v) is 3.02. The van der Waals surface area contributed by atoms with Crippen molar-refractivity contribution in [2.75, 3.05) is 19.6 Å². The molecular formula is C15H26N2O. The zero-order chi connectivity index (χ0) is 12.8. The molecule has 0 spiro atoms. The Morgan fingerprint density at radius 3 is 3.00 bits per heavy atom. The summed E-state index contributed by atoms with van der Waals surface area (Å²) in [5, 5.41) is 3.36. The van der Waals surface area contributed by atoms with Gasteiger partial charge in [0.25, 0.3) is 0 Å². The monoisotopic (exact) mass is 250 g/mol. The van der Waals surface area contributed by atoms with E-state index in [1.165, 1.54) is 24.8 Å². The molecule has 1 atom stereocenters. The second-order valence-corrected chi connectivity index (χ2v) is 5.52. The SMILES string of the molecule is CCCN(C(=O)CC1=CCCCC1)C1CCNC1. The van der Waals surface area contributed by atoms with Gasteiger partial charge in [-0.2, -0.15) is 0 Å². The number of allylic oxidation sites excluding steroid dienone is 1. The van der Waals surface area contributed by atoms with E-state index < -0.39 is 0 Å². The van der Waals surface area contributed by atoms with Crippen LogP contribution in [-0.2, 0) is 4.79 Å². The lowest BCUT2D eigenvalue weighted by Gasteiger charge is -2.29. The summed E-state index contributed by atoms with van der Waals surface area (Å²) in [5.74, 6) is 0.346. The minimum atomic E-state index is 0.346. The number of hydrogen-bond acceptors (Lipinski definition) is 2. The third-order valence-corrected chi connectivity index (χ3v) is 4.02. The van der Waals surface area contributed by atoms with Crippen molar-refractivity contribution in [2.45, 2.75) is 57.9 Å². The van der Waals surface area contributed by atoms with Crippen molar-refractivity contribution in [3.05, 3.63) is 11.6 Å². The summed E-state index contributed by atoms with van der Waals surface area (Å²) in [7, 11) is 0. The molecule has 1 heterocycles. The van der Waals surface area contributed by atoms with E-state index >= 15 is 0 Å². The second kappa shape index (κ2) is 6.93. The van der Waals surface area contributed by atoms with Gasteiger partial charge in [-0.15, -0.1) is 0 Å². The number of carbonyl (C=O) groups excluding carboxylic acids is 1. The van der Waals surface area contributed by atoms with E-state index in [0.29, 0.717) is 18.4 Å². The Kier molecular flexibility index (Phi) is 5.24. The lowest BCUT2D eigenvalue weighted by molar-refractivity contribution is -0.132. The van der Waals surface area contributed by atoms with Crippen LogP contribution in [0.5, 0.6) is 0 Å². The van der Waals surface area contributed by atoms with Gasteiger partial charge in [-0.3, -0.25) is 4.79 Å². The molecule has 1 aliphatic carbocycles. The van der Waals surface area contributed by atoms with Crippen LogP contribution in [0.4, 0.5) is 0 Å². The van der Waals surface area contributed by atoms with Gasteiger partial charge >= 0.3 is 0 Å². The summed E-state index contributed by atoms with van der Waals surface area (Å²) < 4.78 is 0. The third-order valence-electron chi connectivity index (χ3n) is 4.02. The Morgan fingerprint density at radius 2 is 2.39 bits per heavy atom. The number of amides is 1.